The number of halogens is 1. The lowest BCUT2D eigenvalue weighted by molar-refractivity contribution is 0.0435. The second-order valence-corrected chi connectivity index (χ2v) is 7.02. The molecule has 124 valence electrons. The molecule has 0 spiro atoms. The van der Waals surface area contributed by atoms with Crippen molar-refractivity contribution in [3.8, 4) is 0 Å². The van der Waals surface area contributed by atoms with Crippen LogP contribution >= 0.6 is 11.6 Å². The zero-order valence-corrected chi connectivity index (χ0v) is 14.1. The fourth-order valence-electron chi connectivity index (χ4n) is 3.69. The Labute approximate surface area is 147 Å². The Morgan fingerprint density at radius 3 is 2.71 bits per heavy atom. The number of hydrogen-bond acceptors (Lipinski definition) is 2. The van der Waals surface area contributed by atoms with Gasteiger partial charge < -0.3 is 10.2 Å². The molecule has 2 aromatic rings. The number of benzene rings is 2. The molecule has 2 aliphatic rings. The molecule has 0 radical (unpaired) electrons. The molecular formula is C19H20ClN3O. The van der Waals surface area contributed by atoms with Gasteiger partial charge in [-0.2, -0.15) is 0 Å². The Morgan fingerprint density at radius 1 is 1.08 bits per heavy atom. The van der Waals surface area contributed by atoms with Crippen molar-refractivity contribution < 1.29 is 4.79 Å². The number of hydrogen-bond donors (Lipinski definition) is 1. The van der Waals surface area contributed by atoms with Gasteiger partial charge in [-0.3, -0.25) is 4.90 Å². The second-order valence-electron chi connectivity index (χ2n) is 6.59. The average Bonchev–Trinajstić information content (AvgIpc) is 2.91. The van der Waals surface area contributed by atoms with Gasteiger partial charge in [0.15, 0.2) is 0 Å². The maximum atomic E-state index is 12.4. The van der Waals surface area contributed by atoms with E-state index in [0.29, 0.717) is 12.0 Å². The van der Waals surface area contributed by atoms with Crippen LogP contribution in [0.1, 0.15) is 5.56 Å². The van der Waals surface area contributed by atoms with Gasteiger partial charge in [-0.05, 0) is 29.8 Å². The fraction of sp³-hybridized carbons (Fsp3) is 0.316. The molecule has 2 atom stereocenters. The summed E-state index contributed by atoms with van der Waals surface area (Å²) in [7, 11) is 0. The van der Waals surface area contributed by atoms with E-state index in [1.54, 1.807) is 0 Å². The molecule has 0 bridgehead atoms. The van der Waals surface area contributed by atoms with E-state index in [1.165, 1.54) is 5.56 Å². The zero-order valence-electron chi connectivity index (χ0n) is 13.4. The quantitative estimate of drug-likeness (QED) is 0.924. The van der Waals surface area contributed by atoms with Crippen molar-refractivity contribution >= 4 is 23.3 Å². The number of carbonyl (C=O) groups excluding carboxylic acids is 1. The summed E-state index contributed by atoms with van der Waals surface area (Å²) >= 11 is 6.06. The number of rotatable bonds is 3. The molecule has 0 unspecified atom stereocenters. The second kappa shape index (κ2) is 6.46. The van der Waals surface area contributed by atoms with Crippen molar-refractivity contribution in [3.63, 3.8) is 0 Å². The van der Waals surface area contributed by atoms with Crippen molar-refractivity contribution in [3.05, 3.63) is 65.2 Å². The number of amides is 2. The summed E-state index contributed by atoms with van der Waals surface area (Å²) in [5.74, 6) is 0.589. The van der Waals surface area contributed by atoms with E-state index in [9.17, 15) is 4.79 Å². The third-order valence-corrected chi connectivity index (χ3v) is 5.17. The van der Waals surface area contributed by atoms with Crippen LogP contribution in [0, 0.1) is 5.92 Å². The number of nitrogens with one attached hydrogen (secondary N) is 1. The Hall–Kier alpha value is -2.04. The summed E-state index contributed by atoms with van der Waals surface area (Å²) in [4.78, 5) is 16.8. The van der Waals surface area contributed by atoms with Crippen molar-refractivity contribution in [2.75, 3.05) is 25.0 Å². The molecule has 0 aromatic heterocycles. The summed E-state index contributed by atoms with van der Waals surface area (Å²) in [5, 5.41) is 3.75. The van der Waals surface area contributed by atoms with Gasteiger partial charge in [0.05, 0.1) is 0 Å². The highest BCUT2D eigenvalue weighted by atomic mass is 35.5. The predicted octanol–water partition coefficient (Wildman–Crippen LogP) is 3.69. The first-order valence-corrected chi connectivity index (χ1v) is 8.66. The standard InChI is InChI=1S/C19H20ClN3O/c20-16-6-4-5-14(9-16)10-22-11-15-12-23(13-18(15)22)19(24)21-17-7-2-1-3-8-17/h1-9,15,18H,10-13H2,(H,21,24)/t15-,18-/m0/s1. The van der Waals surface area contributed by atoms with Gasteiger partial charge in [0.25, 0.3) is 0 Å². The molecule has 4 nitrogen and oxygen atoms in total. The fourth-order valence-corrected chi connectivity index (χ4v) is 3.90. The summed E-state index contributed by atoms with van der Waals surface area (Å²) in [5.41, 5.74) is 2.07. The van der Waals surface area contributed by atoms with Crippen LogP contribution in [0.3, 0.4) is 0 Å². The molecule has 2 saturated heterocycles. The number of nitrogens with zero attached hydrogens (tertiary/aromatic N) is 2. The SMILES string of the molecule is O=C(Nc1ccccc1)N1C[C@@H]2CN(Cc3cccc(Cl)c3)[C@H]2C1. The minimum absolute atomic E-state index is 0.00157. The number of likely N-dealkylation sites (tertiary alicyclic amines) is 2. The monoisotopic (exact) mass is 341 g/mol. The molecule has 2 aromatic carbocycles. The first kappa shape index (κ1) is 15.5. The first-order valence-electron chi connectivity index (χ1n) is 8.28. The van der Waals surface area contributed by atoms with E-state index in [-0.39, 0.29) is 6.03 Å². The third kappa shape index (κ3) is 3.12. The third-order valence-electron chi connectivity index (χ3n) is 4.93. The Kier molecular flexibility index (Phi) is 4.17. The van der Waals surface area contributed by atoms with Gasteiger partial charge in [-0.25, -0.2) is 4.79 Å². The highest BCUT2D eigenvalue weighted by Crippen LogP contribution is 2.34. The van der Waals surface area contributed by atoms with Crippen LogP contribution in [0.2, 0.25) is 5.02 Å². The number of carbonyl (C=O) groups is 1. The Bertz CT molecular complexity index is 736. The van der Waals surface area contributed by atoms with Gasteiger partial charge in [0.2, 0.25) is 0 Å². The average molecular weight is 342 g/mol. The molecule has 24 heavy (non-hydrogen) atoms. The molecular weight excluding hydrogens is 322 g/mol. The van der Waals surface area contributed by atoms with Crippen LogP contribution in [0.4, 0.5) is 10.5 Å². The lowest BCUT2D eigenvalue weighted by atomic mass is 9.91. The van der Waals surface area contributed by atoms with E-state index in [4.69, 9.17) is 11.6 Å². The van der Waals surface area contributed by atoms with E-state index < -0.39 is 0 Å². The van der Waals surface area contributed by atoms with Gasteiger partial charge in [0.1, 0.15) is 0 Å². The molecule has 2 amide bonds. The molecule has 0 aliphatic carbocycles. The lowest BCUT2D eigenvalue weighted by Crippen LogP contribution is -2.54. The van der Waals surface area contributed by atoms with Crippen molar-refractivity contribution in [2.24, 2.45) is 5.92 Å². The van der Waals surface area contributed by atoms with Crippen LogP contribution in [0.15, 0.2) is 54.6 Å². The number of urea groups is 1. The van der Waals surface area contributed by atoms with Crippen LogP contribution in [0.25, 0.3) is 0 Å². The van der Waals surface area contributed by atoms with E-state index in [1.807, 2.05) is 53.4 Å². The van der Waals surface area contributed by atoms with Gasteiger partial charge in [-0.15, -0.1) is 0 Å². The first-order chi connectivity index (χ1) is 11.7. The molecule has 5 heteroatoms. The summed E-state index contributed by atoms with van der Waals surface area (Å²) in [6.45, 7) is 3.58. The van der Waals surface area contributed by atoms with Crippen LogP contribution in [-0.4, -0.2) is 41.5 Å². The summed E-state index contributed by atoms with van der Waals surface area (Å²) < 4.78 is 0. The molecule has 0 saturated carbocycles. The van der Waals surface area contributed by atoms with Crippen molar-refractivity contribution in [1.29, 1.82) is 0 Å². The maximum absolute atomic E-state index is 12.4. The zero-order chi connectivity index (χ0) is 16.5. The van der Waals surface area contributed by atoms with Crippen LogP contribution in [-0.2, 0) is 6.54 Å². The largest absolute Gasteiger partial charge is 0.323 e. The van der Waals surface area contributed by atoms with Crippen LogP contribution < -0.4 is 5.32 Å². The minimum atomic E-state index is -0.00157. The van der Waals surface area contributed by atoms with Gasteiger partial charge in [-0.1, -0.05) is 41.9 Å². The summed E-state index contributed by atoms with van der Waals surface area (Å²) in [6.07, 6.45) is 0. The topological polar surface area (TPSA) is 35.6 Å². The molecule has 2 fully saturated rings. The van der Waals surface area contributed by atoms with E-state index >= 15 is 0 Å². The predicted molar refractivity (Wildman–Crippen MR) is 96.2 cm³/mol. The highest BCUT2D eigenvalue weighted by molar-refractivity contribution is 6.30. The van der Waals surface area contributed by atoms with Crippen LogP contribution in [0.5, 0.6) is 0 Å². The summed E-state index contributed by atoms with van der Waals surface area (Å²) in [6, 6.07) is 18.1. The Balaban J connectivity index is 1.34. The van der Waals surface area contributed by atoms with Crippen molar-refractivity contribution in [2.45, 2.75) is 12.6 Å². The number of anilines is 1. The van der Waals surface area contributed by atoms with Crippen molar-refractivity contribution in [1.82, 2.24) is 9.80 Å². The normalized spacial score (nSPS) is 22.8. The lowest BCUT2D eigenvalue weighted by Gasteiger charge is -2.43. The highest BCUT2D eigenvalue weighted by Gasteiger charge is 2.46. The number of fused-ring (bicyclic) bond motifs is 1. The molecule has 4 rings (SSSR count). The number of para-hydroxylation sites is 1. The van der Waals surface area contributed by atoms with E-state index in [2.05, 4.69) is 16.3 Å². The molecule has 1 N–H and O–H groups in total. The van der Waals surface area contributed by atoms with Gasteiger partial charge in [0, 0.05) is 48.8 Å². The molecule has 2 heterocycles. The molecule has 2 aliphatic heterocycles. The smallest absolute Gasteiger partial charge is 0.321 e. The van der Waals surface area contributed by atoms with E-state index in [0.717, 1.165) is 36.9 Å². The Morgan fingerprint density at radius 2 is 1.92 bits per heavy atom. The van der Waals surface area contributed by atoms with Gasteiger partial charge >= 0.3 is 6.03 Å². The maximum Gasteiger partial charge on any atom is 0.321 e. The minimum Gasteiger partial charge on any atom is -0.323 e.